The fourth-order valence-electron chi connectivity index (χ4n) is 4.62. The number of hydrogen-bond donors (Lipinski definition) is 4. The summed E-state index contributed by atoms with van der Waals surface area (Å²) < 4.78 is 26.6. The van der Waals surface area contributed by atoms with Gasteiger partial charge in [0.15, 0.2) is 6.04 Å². The van der Waals surface area contributed by atoms with Crippen LogP contribution in [0.5, 0.6) is 0 Å². The van der Waals surface area contributed by atoms with Crippen LogP contribution in [0, 0.1) is 0 Å². The summed E-state index contributed by atoms with van der Waals surface area (Å²) in [5.41, 5.74) is 0. The van der Waals surface area contributed by atoms with Crippen LogP contribution in [0.3, 0.4) is 0 Å². The second-order valence-corrected chi connectivity index (χ2v) is 13.5. The van der Waals surface area contributed by atoms with Gasteiger partial charge in [-0.25, -0.2) is 9.36 Å². The van der Waals surface area contributed by atoms with Crippen LogP contribution in [-0.2, 0) is 32.7 Å². The quantitative estimate of drug-likeness (QED) is 0.0227. The van der Waals surface area contributed by atoms with E-state index in [0.717, 1.165) is 70.6 Å². The van der Waals surface area contributed by atoms with Crippen LogP contribution >= 0.6 is 7.82 Å². The van der Waals surface area contributed by atoms with Gasteiger partial charge in [-0.1, -0.05) is 121 Å². The Labute approximate surface area is 289 Å². The van der Waals surface area contributed by atoms with Crippen molar-refractivity contribution in [3.63, 3.8) is 0 Å². The number of amides is 1. The summed E-state index contributed by atoms with van der Waals surface area (Å²) in [6.45, 7) is 2.39. The van der Waals surface area contributed by atoms with Gasteiger partial charge in [0, 0.05) is 12.8 Å². The summed E-state index contributed by atoms with van der Waals surface area (Å²) in [6, 6.07) is -1.54. The number of esters is 1. The molecule has 0 aliphatic heterocycles. The molecule has 0 aromatic heterocycles. The molecular weight excluding hydrogens is 637 g/mol. The van der Waals surface area contributed by atoms with E-state index >= 15 is 0 Å². The van der Waals surface area contributed by atoms with Gasteiger partial charge in [0.05, 0.1) is 13.2 Å². The number of unbranched alkanes of at least 4 members (excludes halogenated alkanes) is 13. The van der Waals surface area contributed by atoms with E-state index in [1.54, 1.807) is 0 Å². The van der Waals surface area contributed by atoms with Crippen molar-refractivity contribution in [2.75, 3.05) is 19.8 Å². The Morgan fingerprint density at radius 1 is 0.688 bits per heavy atom. The van der Waals surface area contributed by atoms with E-state index in [-0.39, 0.29) is 12.8 Å². The minimum Gasteiger partial charge on any atom is -0.480 e. The maximum Gasteiger partial charge on any atom is 0.472 e. The average molecular weight is 702 g/mol. The molecule has 278 valence electrons. The van der Waals surface area contributed by atoms with Gasteiger partial charge < -0.3 is 25.2 Å². The second kappa shape index (κ2) is 31.9. The van der Waals surface area contributed by atoms with Gasteiger partial charge in [0.25, 0.3) is 0 Å². The number of carbonyl (C=O) groups excluding carboxylic acids is 2. The second-order valence-electron chi connectivity index (χ2n) is 12.0. The molecule has 0 saturated heterocycles. The topological polar surface area (TPSA) is 169 Å². The van der Waals surface area contributed by atoms with Crippen LogP contribution in [0.1, 0.15) is 142 Å². The molecule has 1 amide bonds. The Hall–Kier alpha value is -2.30. The first-order chi connectivity index (χ1) is 23.1. The summed E-state index contributed by atoms with van der Waals surface area (Å²) >= 11 is 0. The summed E-state index contributed by atoms with van der Waals surface area (Å²) in [5.74, 6) is -2.40. The first-order valence-corrected chi connectivity index (χ1v) is 19.5. The molecule has 0 aliphatic rings. The molecule has 0 aromatic carbocycles. The van der Waals surface area contributed by atoms with Gasteiger partial charge >= 0.3 is 19.8 Å². The Balaban J connectivity index is 3.99. The third-order valence-electron chi connectivity index (χ3n) is 7.44. The number of hydrogen-bond acceptors (Lipinski definition) is 8. The molecule has 0 fully saturated rings. The number of phosphoric acid groups is 1. The highest BCUT2D eigenvalue weighted by Crippen LogP contribution is 2.43. The van der Waals surface area contributed by atoms with Gasteiger partial charge in [-0.2, -0.15) is 0 Å². The number of aliphatic hydroxyl groups excluding tert-OH is 1. The zero-order valence-electron chi connectivity index (χ0n) is 29.5. The molecule has 3 unspecified atom stereocenters. The standard InChI is InChI=1S/C36H64NO10P/c1-3-5-7-9-11-13-14-15-16-17-18-20-22-24-26-28-35(40)45-29-32(38)30-46-48(43,44)47-31-33(36(41)42)37-34(39)27-25-23-21-19-12-10-8-6-4-2/h5,7,11,13,15-16,32-33,38H,3-4,6,8-10,12,14,17-31H2,1-2H3,(H,37,39)(H,41,42)(H,43,44)/b7-5-,13-11-,16-15-. The summed E-state index contributed by atoms with van der Waals surface area (Å²) in [6.07, 6.45) is 30.5. The third kappa shape index (κ3) is 31.0. The number of carboxylic acids is 1. The van der Waals surface area contributed by atoms with Crippen molar-refractivity contribution < 1.29 is 47.8 Å². The summed E-state index contributed by atoms with van der Waals surface area (Å²) in [7, 11) is -4.75. The lowest BCUT2D eigenvalue weighted by atomic mass is 10.1. The van der Waals surface area contributed by atoms with Crippen LogP contribution in [0.4, 0.5) is 0 Å². The van der Waals surface area contributed by atoms with E-state index in [0.29, 0.717) is 12.8 Å². The molecule has 0 heterocycles. The predicted octanol–water partition coefficient (Wildman–Crippen LogP) is 8.10. The maximum atomic E-state index is 12.2. The van der Waals surface area contributed by atoms with E-state index in [1.807, 2.05) is 0 Å². The molecule has 0 spiro atoms. The van der Waals surface area contributed by atoms with E-state index in [4.69, 9.17) is 13.8 Å². The van der Waals surface area contributed by atoms with Crippen molar-refractivity contribution in [2.45, 2.75) is 154 Å². The van der Waals surface area contributed by atoms with E-state index in [2.05, 4.69) is 55.6 Å². The van der Waals surface area contributed by atoms with Crippen LogP contribution in [-0.4, -0.2) is 64.9 Å². The molecule has 11 nitrogen and oxygen atoms in total. The van der Waals surface area contributed by atoms with Crippen molar-refractivity contribution in [2.24, 2.45) is 0 Å². The fourth-order valence-corrected chi connectivity index (χ4v) is 5.39. The highest BCUT2D eigenvalue weighted by molar-refractivity contribution is 7.47. The van der Waals surface area contributed by atoms with Crippen molar-refractivity contribution in [3.05, 3.63) is 36.5 Å². The number of phosphoric ester groups is 1. The minimum absolute atomic E-state index is 0.145. The SMILES string of the molecule is CC/C=C\C/C=C\C/C=C\CCCCCCCC(=O)OCC(O)COP(=O)(O)OCC(NC(=O)CCCCCCCCCCC)C(=O)O. The van der Waals surface area contributed by atoms with Crippen LogP contribution in [0.25, 0.3) is 0 Å². The molecule has 0 bridgehead atoms. The molecule has 48 heavy (non-hydrogen) atoms. The van der Waals surface area contributed by atoms with Gasteiger partial charge in [-0.3, -0.25) is 18.6 Å². The summed E-state index contributed by atoms with van der Waals surface area (Å²) in [4.78, 5) is 45.5. The number of rotatable bonds is 33. The number of allylic oxidation sites excluding steroid dienone is 6. The van der Waals surface area contributed by atoms with Crippen molar-refractivity contribution in [1.82, 2.24) is 5.32 Å². The van der Waals surface area contributed by atoms with Crippen molar-refractivity contribution in [1.29, 1.82) is 0 Å². The number of nitrogens with one attached hydrogen (secondary N) is 1. The smallest absolute Gasteiger partial charge is 0.472 e. The molecule has 0 aliphatic carbocycles. The zero-order valence-corrected chi connectivity index (χ0v) is 30.4. The molecular formula is C36H64NO10P. The molecule has 0 rings (SSSR count). The number of carboxylic acid groups (broad SMARTS) is 1. The highest BCUT2D eigenvalue weighted by atomic mass is 31.2. The monoisotopic (exact) mass is 701 g/mol. The molecule has 12 heteroatoms. The predicted molar refractivity (Wildman–Crippen MR) is 189 cm³/mol. The van der Waals surface area contributed by atoms with Gasteiger partial charge in [0.1, 0.15) is 12.7 Å². The van der Waals surface area contributed by atoms with Gasteiger partial charge in [0.2, 0.25) is 5.91 Å². The Morgan fingerprint density at radius 2 is 1.21 bits per heavy atom. The maximum absolute atomic E-state index is 12.2. The Morgan fingerprint density at radius 3 is 1.81 bits per heavy atom. The number of ether oxygens (including phenoxy) is 1. The largest absolute Gasteiger partial charge is 0.480 e. The van der Waals surface area contributed by atoms with E-state index in [1.165, 1.54) is 32.1 Å². The average Bonchev–Trinajstić information content (AvgIpc) is 3.05. The first kappa shape index (κ1) is 45.7. The van der Waals surface area contributed by atoms with Gasteiger partial charge in [-0.15, -0.1) is 0 Å². The lowest BCUT2D eigenvalue weighted by molar-refractivity contribution is -0.147. The normalized spacial score (nSPS) is 14.4. The van der Waals surface area contributed by atoms with Crippen molar-refractivity contribution in [3.8, 4) is 0 Å². The number of aliphatic carboxylic acids is 1. The third-order valence-corrected chi connectivity index (χ3v) is 8.39. The summed E-state index contributed by atoms with van der Waals surface area (Å²) in [5, 5.41) is 21.6. The Bertz CT molecular complexity index is 968. The number of aliphatic hydroxyl groups is 1. The van der Waals surface area contributed by atoms with Crippen molar-refractivity contribution >= 4 is 25.7 Å². The van der Waals surface area contributed by atoms with E-state index in [9.17, 15) is 34.1 Å². The van der Waals surface area contributed by atoms with Crippen LogP contribution in [0.2, 0.25) is 0 Å². The fraction of sp³-hybridized carbons (Fsp3) is 0.750. The lowest BCUT2D eigenvalue weighted by Crippen LogP contribution is -2.43. The molecule has 0 aromatic rings. The van der Waals surface area contributed by atoms with E-state index < -0.39 is 57.6 Å². The lowest BCUT2D eigenvalue weighted by Gasteiger charge is -2.18. The van der Waals surface area contributed by atoms with Crippen LogP contribution in [0.15, 0.2) is 36.5 Å². The molecule has 0 saturated carbocycles. The molecule has 0 radical (unpaired) electrons. The molecule has 3 atom stereocenters. The number of carbonyl (C=O) groups is 3. The zero-order chi connectivity index (χ0) is 35.7. The minimum atomic E-state index is -4.75. The van der Waals surface area contributed by atoms with Crippen LogP contribution < -0.4 is 5.32 Å². The van der Waals surface area contributed by atoms with Gasteiger partial charge in [-0.05, 0) is 44.9 Å². The molecule has 4 N–H and O–H groups in total. The Kier molecular flexibility index (Phi) is 30.4. The highest BCUT2D eigenvalue weighted by Gasteiger charge is 2.28. The first-order valence-electron chi connectivity index (χ1n) is 18.0.